The van der Waals surface area contributed by atoms with Gasteiger partial charge in [0.2, 0.25) is 0 Å². The predicted octanol–water partition coefficient (Wildman–Crippen LogP) is 3.78. The molecule has 1 rings (SSSR count). The minimum atomic E-state index is -2.05. The monoisotopic (exact) mass is 317 g/mol. The second-order valence-corrected chi connectivity index (χ2v) is 26.9. The first-order valence-corrected chi connectivity index (χ1v) is 14.9. The molecule has 0 aromatic rings. The molecule has 0 radical (unpaired) electrons. The van der Waals surface area contributed by atoms with Gasteiger partial charge < -0.3 is 0 Å². The molecule has 1 heteroatoms. The van der Waals surface area contributed by atoms with Crippen molar-refractivity contribution in [2.75, 3.05) is 0 Å². The summed E-state index contributed by atoms with van der Waals surface area (Å²) in [7, 11) is 0. The van der Waals surface area contributed by atoms with Gasteiger partial charge in [-0.15, -0.1) is 0 Å². The van der Waals surface area contributed by atoms with Crippen molar-refractivity contribution in [3.8, 4) is 0 Å². The van der Waals surface area contributed by atoms with E-state index < -0.39 is 13.8 Å². The molecule has 0 bridgehead atoms. The number of hydrogen-bond donors (Lipinski definition) is 0. The van der Waals surface area contributed by atoms with Gasteiger partial charge in [-0.05, 0) is 0 Å². The number of rotatable bonds is 1. The van der Waals surface area contributed by atoms with Crippen LogP contribution in [0.25, 0.3) is 0 Å². The fourth-order valence-corrected chi connectivity index (χ4v) is 5.42. The van der Waals surface area contributed by atoms with Crippen LogP contribution in [0.1, 0.15) is 0 Å². The molecule has 1 aliphatic carbocycles. The Balaban J connectivity index is 2.85. The van der Waals surface area contributed by atoms with Crippen LogP contribution in [0.3, 0.4) is 0 Å². The van der Waals surface area contributed by atoms with E-state index in [9.17, 15) is 0 Å². The van der Waals surface area contributed by atoms with Crippen LogP contribution in [-0.2, 0) is 13.8 Å². The molecule has 0 fully saturated rings. The first kappa shape index (κ1) is 8.22. The van der Waals surface area contributed by atoms with Crippen LogP contribution in [0.4, 0.5) is 0 Å². The molecule has 0 atom stereocenters. The van der Waals surface area contributed by atoms with Crippen LogP contribution in [0.15, 0.2) is 24.3 Å². The summed E-state index contributed by atoms with van der Waals surface area (Å²) in [4.78, 5) is 0. The van der Waals surface area contributed by atoms with Crippen LogP contribution < -0.4 is 0 Å². The molecule has 1 aliphatic rings. The summed E-state index contributed by atoms with van der Waals surface area (Å²) in [5.41, 5.74) is 9.92. The molecule has 0 aromatic heterocycles. The number of hydrogen-bond acceptors (Lipinski definition) is 0. The van der Waals surface area contributed by atoms with Crippen LogP contribution in [-0.4, -0.2) is 0 Å². The Hall–Kier alpha value is 0.116. The van der Waals surface area contributed by atoms with E-state index in [-0.39, 0.29) is 0 Å². The van der Waals surface area contributed by atoms with E-state index in [2.05, 4.69) is 46.2 Å². The van der Waals surface area contributed by atoms with Crippen molar-refractivity contribution in [3.63, 3.8) is 0 Å². The summed E-state index contributed by atoms with van der Waals surface area (Å²) >= 11 is -2.05. The average molecular weight is 315 g/mol. The summed E-state index contributed by atoms with van der Waals surface area (Å²) in [6.45, 7) is 0. The molecule has 0 amide bonds. The SMILES string of the molecule is [CH3][Os]([CH3])([CH3])([CH3])[CH]1C=CC=C1. The molecule has 0 spiro atoms. The topological polar surface area (TPSA) is 0 Å². The zero-order chi connectivity index (χ0) is 7.85. The Bertz CT molecular complexity index is 169. The molecule has 0 saturated carbocycles. The van der Waals surface area contributed by atoms with Crippen molar-refractivity contribution >= 4 is 0 Å². The molecular formula is C9H17Os. The second kappa shape index (κ2) is 2.05. The zero-order valence-corrected chi connectivity index (χ0v) is 9.78. The molecule has 0 heterocycles. The van der Waals surface area contributed by atoms with Gasteiger partial charge in [-0.1, -0.05) is 0 Å². The molecule has 0 aromatic carbocycles. The van der Waals surface area contributed by atoms with Gasteiger partial charge >= 0.3 is 64.5 Å². The summed E-state index contributed by atoms with van der Waals surface area (Å²) in [6.07, 6.45) is 9.04. The minimum absolute atomic E-state index is 0.794. The fraction of sp³-hybridized carbons (Fsp3) is 0.556. The van der Waals surface area contributed by atoms with Gasteiger partial charge in [-0.3, -0.25) is 0 Å². The van der Waals surface area contributed by atoms with Gasteiger partial charge in [-0.2, -0.15) is 0 Å². The first-order chi connectivity index (χ1) is 4.36. The molecule has 0 unspecified atom stereocenters. The molecule has 61 valence electrons. The van der Waals surface area contributed by atoms with Crippen molar-refractivity contribution in [3.05, 3.63) is 24.3 Å². The van der Waals surface area contributed by atoms with Crippen molar-refractivity contribution in [1.29, 1.82) is 0 Å². The normalized spacial score (nSPS) is 23.0. The molecule has 0 nitrogen and oxygen atoms in total. The van der Waals surface area contributed by atoms with Crippen molar-refractivity contribution in [2.45, 2.75) is 26.4 Å². The van der Waals surface area contributed by atoms with E-state index in [1.165, 1.54) is 0 Å². The van der Waals surface area contributed by atoms with E-state index >= 15 is 0 Å². The molecule has 0 aliphatic heterocycles. The van der Waals surface area contributed by atoms with Crippen molar-refractivity contribution in [1.82, 2.24) is 0 Å². The number of allylic oxidation sites excluding steroid dienone is 4. The van der Waals surface area contributed by atoms with Gasteiger partial charge in [0, 0.05) is 0 Å². The Morgan fingerprint density at radius 3 is 1.50 bits per heavy atom. The second-order valence-electron chi connectivity index (χ2n) is 4.14. The predicted molar refractivity (Wildman–Crippen MR) is 45.5 cm³/mol. The van der Waals surface area contributed by atoms with Gasteiger partial charge in [0.05, 0.1) is 0 Å². The average Bonchev–Trinajstić information content (AvgIpc) is 2.04. The third-order valence-corrected chi connectivity index (χ3v) is 9.39. The third-order valence-electron chi connectivity index (χ3n) is 1.63. The van der Waals surface area contributed by atoms with E-state index in [1.807, 2.05) is 0 Å². The van der Waals surface area contributed by atoms with E-state index in [4.69, 9.17) is 0 Å². The molecular weight excluding hydrogens is 298 g/mol. The Morgan fingerprint density at radius 1 is 0.900 bits per heavy atom. The van der Waals surface area contributed by atoms with E-state index in [0.29, 0.717) is 0 Å². The molecule has 10 heavy (non-hydrogen) atoms. The quantitative estimate of drug-likeness (QED) is 0.691. The van der Waals surface area contributed by atoms with Crippen LogP contribution in [0.5, 0.6) is 0 Å². The molecule has 0 N–H and O–H groups in total. The summed E-state index contributed by atoms with van der Waals surface area (Å²) in [6, 6.07) is 0. The van der Waals surface area contributed by atoms with Crippen molar-refractivity contribution < 1.29 is 13.8 Å². The van der Waals surface area contributed by atoms with Crippen LogP contribution in [0.2, 0.25) is 26.4 Å². The fourth-order valence-electron chi connectivity index (χ4n) is 0.944. The van der Waals surface area contributed by atoms with Crippen LogP contribution in [0, 0.1) is 0 Å². The summed E-state index contributed by atoms with van der Waals surface area (Å²) in [5, 5.41) is 0. The summed E-state index contributed by atoms with van der Waals surface area (Å²) in [5.74, 6) is 0. The zero-order valence-electron chi connectivity index (χ0n) is 7.24. The Kier molecular flexibility index (Phi) is 1.68. The molecule has 0 saturated heterocycles. The van der Waals surface area contributed by atoms with Gasteiger partial charge in [-0.25, -0.2) is 0 Å². The van der Waals surface area contributed by atoms with Gasteiger partial charge in [0.25, 0.3) is 0 Å². The third kappa shape index (κ3) is 1.80. The van der Waals surface area contributed by atoms with E-state index in [1.54, 1.807) is 0 Å². The van der Waals surface area contributed by atoms with Gasteiger partial charge in [0.15, 0.2) is 0 Å². The van der Waals surface area contributed by atoms with E-state index in [0.717, 1.165) is 4.47 Å². The van der Waals surface area contributed by atoms with Crippen LogP contribution >= 0.6 is 0 Å². The maximum absolute atomic E-state index is 2.48. The summed E-state index contributed by atoms with van der Waals surface area (Å²) < 4.78 is 0.794. The maximum atomic E-state index is 2.48. The first-order valence-electron chi connectivity index (χ1n) is 3.29. The van der Waals surface area contributed by atoms with Crippen molar-refractivity contribution in [2.24, 2.45) is 0 Å². The Morgan fingerprint density at radius 2 is 1.30 bits per heavy atom. The Labute approximate surface area is 64.8 Å². The van der Waals surface area contributed by atoms with Gasteiger partial charge in [0.1, 0.15) is 0 Å². The standard InChI is InChI=1S/C5H5.4CH3.Os/c1-2-4-5-3-1;;;;;/h1-5H;4*1H3;.